The molecule has 0 bridgehead atoms. The maximum atomic E-state index is 11.6. The molecule has 0 saturated carbocycles. The van der Waals surface area contributed by atoms with Gasteiger partial charge in [0.15, 0.2) is 6.04 Å². The molecule has 18 heavy (non-hydrogen) atoms. The van der Waals surface area contributed by atoms with Crippen molar-refractivity contribution in [3.8, 4) is 0 Å². The Morgan fingerprint density at radius 2 is 2.00 bits per heavy atom. The van der Waals surface area contributed by atoms with Crippen LogP contribution in [0.15, 0.2) is 12.1 Å². The number of carboxylic acids is 1. The Labute approximate surface area is 111 Å². The van der Waals surface area contributed by atoms with Crippen LogP contribution in [0.1, 0.15) is 43.5 Å². The van der Waals surface area contributed by atoms with Crippen LogP contribution in [0.4, 0.5) is 0 Å². The van der Waals surface area contributed by atoms with Crippen molar-refractivity contribution in [1.82, 2.24) is 4.90 Å². The van der Waals surface area contributed by atoms with Crippen molar-refractivity contribution in [3.63, 3.8) is 0 Å². The molecule has 0 aliphatic heterocycles. The van der Waals surface area contributed by atoms with Gasteiger partial charge in [-0.3, -0.25) is 4.79 Å². The van der Waals surface area contributed by atoms with Crippen LogP contribution in [0.3, 0.4) is 0 Å². The van der Waals surface area contributed by atoms with Gasteiger partial charge in [0.05, 0.1) is 0 Å². The summed E-state index contributed by atoms with van der Waals surface area (Å²) in [6, 6.07) is 2.71. The lowest BCUT2D eigenvalue weighted by Crippen LogP contribution is -2.41. The smallest absolute Gasteiger partial charge is 0.331 e. The highest BCUT2D eigenvalue weighted by atomic mass is 32.1. The van der Waals surface area contributed by atoms with Gasteiger partial charge >= 0.3 is 5.97 Å². The van der Waals surface area contributed by atoms with Crippen LogP contribution < -0.4 is 0 Å². The third kappa shape index (κ3) is 3.10. The minimum atomic E-state index is -0.983. The van der Waals surface area contributed by atoms with Crippen molar-refractivity contribution >= 4 is 23.2 Å². The van der Waals surface area contributed by atoms with E-state index in [2.05, 4.69) is 0 Å². The Bertz CT molecular complexity index is 439. The third-order valence-corrected chi connectivity index (χ3v) is 4.01. The second-order valence-corrected chi connectivity index (χ2v) is 5.62. The van der Waals surface area contributed by atoms with Gasteiger partial charge in [-0.1, -0.05) is 6.92 Å². The molecule has 0 spiro atoms. The van der Waals surface area contributed by atoms with E-state index in [1.165, 1.54) is 23.2 Å². The summed E-state index contributed by atoms with van der Waals surface area (Å²) in [4.78, 5) is 26.4. The molecule has 0 saturated heterocycles. The van der Waals surface area contributed by atoms with Crippen molar-refractivity contribution in [2.75, 3.05) is 0 Å². The Balaban J connectivity index is 3.15. The second-order valence-electron chi connectivity index (χ2n) is 4.42. The number of carboxylic acid groups (broad SMARTS) is 1. The van der Waals surface area contributed by atoms with Gasteiger partial charge in [-0.25, -0.2) is 4.79 Å². The van der Waals surface area contributed by atoms with Crippen molar-refractivity contribution in [2.24, 2.45) is 0 Å². The van der Waals surface area contributed by atoms with Crippen molar-refractivity contribution in [3.05, 3.63) is 21.9 Å². The molecule has 1 aromatic rings. The largest absolute Gasteiger partial charge is 0.479 e. The fraction of sp³-hybridized carbons (Fsp3) is 0.538. The predicted octanol–water partition coefficient (Wildman–Crippen LogP) is 2.69. The molecule has 0 aliphatic rings. The van der Waals surface area contributed by atoms with Gasteiger partial charge in [0.25, 0.3) is 0 Å². The normalized spacial score (nSPS) is 12.5. The first kappa shape index (κ1) is 14.7. The van der Waals surface area contributed by atoms with Crippen LogP contribution in [-0.4, -0.2) is 27.9 Å². The molecule has 0 fully saturated rings. The SMILES string of the molecule is CCc1ccc(C(C(=O)O)N(C(C)=O)C(C)C)s1. The number of carbonyl (C=O) groups excluding carboxylic acids is 1. The van der Waals surface area contributed by atoms with E-state index in [0.29, 0.717) is 4.88 Å². The molecule has 0 aromatic carbocycles. The van der Waals surface area contributed by atoms with Crippen LogP contribution in [0, 0.1) is 0 Å². The molecule has 1 amide bonds. The highest BCUT2D eigenvalue weighted by molar-refractivity contribution is 7.12. The average Bonchev–Trinajstić information content (AvgIpc) is 2.71. The van der Waals surface area contributed by atoms with Gasteiger partial charge in [0, 0.05) is 22.7 Å². The third-order valence-electron chi connectivity index (χ3n) is 2.73. The molecule has 1 atom stereocenters. The van der Waals surface area contributed by atoms with Crippen molar-refractivity contribution in [1.29, 1.82) is 0 Å². The Morgan fingerprint density at radius 1 is 1.39 bits per heavy atom. The first-order valence-electron chi connectivity index (χ1n) is 5.98. The van der Waals surface area contributed by atoms with Gasteiger partial charge in [0.1, 0.15) is 0 Å². The molecule has 100 valence electrons. The fourth-order valence-electron chi connectivity index (χ4n) is 1.95. The van der Waals surface area contributed by atoms with Crippen LogP contribution in [0.25, 0.3) is 0 Å². The highest BCUT2D eigenvalue weighted by Crippen LogP contribution is 2.30. The minimum absolute atomic E-state index is 0.143. The summed E-state index contributed by atoms with van der Waals surface area (Å²) in [5.74, 6) is -1.20. The molecule has 4 nitrogen and oxygen atoms in total. The summed E-state index contributed by atoms with van der Waals surface area (Å²) in [5.41, 5.74) is 0. The van der Waals surface area contributed by atoms with Gasteiger partial charge in [-0.05, 0) is 32.4 Å². The number of amides is 1. The number of carbonyl (C=O) groups is 2. The first-order valence-corrected chi connectivity index (χ1v) is 6.80. The van der Waals surface area contributed by atoms with Crippen LogP contribution in [-0.2, 0) is 16.0 Å². The molecule has 1 unspecified atom stereocenters. The van der Waals surface area contributed by atoms with Crippen molar-refractivity contribution < 1.29 is 14.7 Å². The zero-order valence-corrected chi connectivity index (χ0v) is 12.0. The van der Waals surface area contributed by atoms with E-state index in [0.717, 1.165) is 11.3 Å². The monoisotopic (exact) mass is 269 g/mol. The minimum Gasteiger partial charge on any atom is -0.479 e. The van der Waals surface area contributed by atoms with E-state index < -0.39 is 12.0 Å². The predicted molar refractivity (Wildman–Crippen MR) is 71.7 cm³/mol. The van der Waals surface area contributed by atoms with E-state index in [9.17, 15) is 14.7 Å². The zero-order valence-electron chi connectivity index (χ0n) is 11.1. The van der Waals surface area contributed by atoms with Gasteiger partial charge in [-0.15, -0.1) is 11.3 Å². The molecule has 0 radical (unpaired) electrons. The maximum absolute atomic E-state index is 11.6. The summed E-state index contributed by atoms with van der Waals surface area (Å²) in [6.45, 7) is 7.08. The lowest BCUT2D eigenvalue weighted by Gasteiger charge is -2.30. The van der Waals surface area contributed by atoms with Crippen LogP contribution in [0.2, 0.25) is 0 Å². The summed E-state index contributed by atoms with van der Waals surface area (Å²) in [6.07, 6.45) is 0.874. The number of hydrogen-bond acceptors (Lipinski definition) is 3. The Morgan fingerprint density at radius 3 is 2.33 bits per heavy atom. The summed E-state index contributed by atoms with van der Waals surface area (Å²) in [5, 5.41) is 9.39. The standard InChI is InChI=1S/C13H19NO3S/c1-5-10-6-7-11(18-10)12(13(16)17)14(8(2)3)9(4)15/h6-8,12H,5H2,1-4H3,(H,16,17). The van der Waals surface area contributed by atoms with Gasteiger partial charge < -0.3 is 10.0 Å². The van der Waals surface area contributed by atoms with E-state index in [-0.39, 0.29) is 11.9 Å². The molecule has 0 aliphatic carbocycles. The number of thiophene rings is 1. The van der Waals surface area contributed by atoms with Crippen molar-refractivity contribution in [2.45, 2.75) is 46.2 Å². The molecule has 1 N–H and O–H groups in total. The molecule has 1 rings (SSSR count). The lowest BCUT2D eigenvalue weighted by atomic mass is 10.1. The second kappa shape index (κ2) is 6.00. The summed E-state index contributed by atoms with van der Waals surface area (Å²) < 4.78 is 0. The lowest BCUT2D eigenvalue weighted by molar-refractivity contribution is -0.151. The quantitative estimate of drug-likeness (QED) is 0.894. The van der Waals surface area contributed by atoms with E-state index >= 15 is 0 Å². The molecule has 1 heterocycles. The maximum Gasteiger partial charge on any atom is 0.331 e. The van der Waals surface area contributed by atoms with Gasteiger partial charge in [0.2, 0.25) is 5.91 Å². The molecule has 1 aromatic heterocycles. The molecular formula is C13H19NO3S. The highest BCUT2D eigenvalue weighted by Gasteiger charge is 2.32. The summed E-state index contributed by atoms with van der Waals surface area (Å²) >= 11 is 1.46. The molecule has 5 heteroatoms. The number of aliphatic carboxylic acids is 1. The number of nitrogens with zero attached hydrogens (tertiary/aromatic N) is 1. The van der Waals surface area contributed by atoms with E-state index in [1.807, 2.05) is 26.8 Å². The zero-order chi connectivity index (χ0) is 13.9. The number of rotatable bonds is 5. The van der Waals surface area contributed by atoms with E-state index in [1.54, 1.807) is 6.07 Å². The topological polar surface area (TPSA) is 57.6 Å². The van der Waals surface area contributed by atoms with Crippen LogP contribution in [0.5, 0.6) is 0 Å². The van der Waals surface area contributed by atoms with E-state index in [4.69, 9.17) is 0 Å². The number of hydrogen-bond donors (Lipinski definition) is 1. The Kier molecular flexibility index (Phi) is 4.90. The van der Waals surface area contributed by atoms with Crippen LogP contribution >= 0.6 is 11.3 Å². The Hall–Kier alpha value is -1.36. The first-order chi connectivity index (χ1) is 8.38. The number of aryl methyl sites for hydroxylation is 1. The fourth-order valence-corrected chi connectivity index (χ4v) is 3.00. The summed E-state index contributed by atoms with van der Waals surface area (Å²) in [7, 11) is 0. The van der Waals surface area contributed by atoms with Gasteiger partial charge in [-0.2, -0.15) is 0 Å². The molecular weight excluding hydrogens is 250 g/mol. The average molecular weight is 269 g/mol.